The molecule has 2 N–H and O–H groups in total. The molecule has 1 aliphatic rings. The lowest BCUT2D eigenvalue weighted by Gasteiger charge is -2.09. The molecule has 0 unspecified atom stereocenters. The van der Waals surface area contributed by atoms with Gasteiger partial charge in [-0.3, -0.25) is 5.21 Å². The summed E-state index contributed by atoms with van der Waals surface area (Å²) in [7, 11) is 0. The Hall–Kier alpha value is -0.530. The number of hydrazine groups is 2. The van der Waals surface area contributed by atoms with Gasteiger partial charge in [-0.2, -0.15) is 5.17 Å². The van der Waals surface area contributed by atoms with E-state index in [0.29, 0.717) is 0 Å². The maximum Gasteiger partial charge on any atom is 0.110 e. The molecule has 58 valence electrons. The van der Waals surface area contributed by atoms with Gasteiger partial charge in [0.05, 0.1) is 28.6 Å². The number of nitrogens with one attached hydrogen (secondary N) is 1. The lowest BCUT2D eigenvalue weighted by Crippen LogP contribution is -2.36. The van der Waals surface area contributed by atoms with Gasteiger partial charge in [0, 0.05) is 0 Å². The third-order valence-electron chi connectivity index (χ3n) is 1.50. The van der Waals surface area contributed by atoms with E-state index in [1.807, 2.05) is 24.3 Å². The molecule has 1 heterocycles. The van der Waals surface area contributed by atoms with Crippen LogP contribution < -0.4 is 13.9 Å². The Morgan fingerprint density at radius 1 is 1.27 bits per heavy atom. The standard InChI is InChI=1S/C6H6IN3O/c7-9-5-3-1-2-4-6(5)10(11)8-9/h1-4,8,11H. The summed E-state index contributed by atoms with van der Waals surface area (Å²) in [6.07, 6.45) is 0. The monoisotopic (exact) mass is 263 g/mol. The van der Waals surface area contributed by atoms with Crippen molar-refractivity contribution in [3.63, 3.8) is 0 Å². The first-order valence-corrected chi connectivity index (χ1v) is 4.06. The summed E-state index contributed by atoms with van der Waals surface area (Å²) >= 11 is 2.06. The minimum absolute atomic E-state index is 0.766. The molecule has 5 heteroatoms. The number of para-hydroxylation sites is 2. The van der Waals surface area contributed by atoms with Crippen LogP contribution in [0.1, 0.15) is 0 Å². The molecule has 0 atom stereocenters. The summed E-state index contributed by atoms with van der Waals surface area (Å²) in [4.78, 5) is 0. The Balaban J connectivity index is 2.52. The quantitative estimate of drug-likeness (QED) is 0.549. The molecule has 0 aromatic heterocycles. The van der Waals surface area contributed by atoms with Gasteiger partial charge < -0.3 is 0 Å². The van der Waals surface area contributed by atoms with E-state index < -0.39 is 0 Å². The zero-order valence-electron chi connectivity index (χ0n) is 5.53. The first kappa shape index (κ1) is 7.14. The fourth-order valence-corrected chi connectivity index (χ4v) is 1.61. The smallest absolute Gasteiger partial charge is 0.110 e. The van der Waals surface area contributed by atoms with E-state index in [4.69, 9.17) is 0 Å². The molecule has 1 aliphatic heterocycles. The second kappa shape index (κ2) is 2.50. The lowest BCUT2D eigenvalue weighted by molar-refractivity contribution is 0.226. The van der Waals surface area contributed by atoms with Crippen LogP contribution in [0.2, 0.25) is 0 Å². The molecule has 1 aromatic rings. The zero-order chi connectivity index (χ0) is 7.84. The SMILES string of the molecule is ON1NN(I)c2ccccc21. The van der Waals surface area contributed by atoms with Gasteiger partial charge in [0.2, 0.25) is 0 Å². The third-order valence-corrected chi connectivity index (χ3v) is 2.24. The molecule has 0 spiro atoms. The third kappa shape index (κ3) is 1.05. The Bertz CT molecular complexity index is 253. The number of rotatable bonds is 0. The van der Waals surface area contributed by atoms with Gasteiger partial charge in [0.1, 0.15) is 5.69 Å². The highest BCUT2D eigenvalue weighted by Gasteiger charge is 2.21. The minimum atomic E-state index is 0.766. The molecular weight excluding hydrogens is 257 g/mol. The average Bonchev–Trinajstić information content (AvgIpc) is 2.30. The summed E-state index contributed by atoms with van der Waals surface area (Å²) in [6.45, 7) is 0. The van der Waals surface area contributed by atoms with Crippen LogP contribution in [-0.2, 0) is 0 Å². The highest BCUT2D eigenvalue weighted by atomic mass is 127. The molecule has 4 nitrogen and oxygen atoms in total. The fourth-order valence-electron chi connectivity index (χ4n) is 1.00. The maximum atomic E-state index is 9.23. The zero-order valence-corrected chi connectivity index (χ0v) is 7.69. The van der Waals surface area contributed by atoms with E-state index in [2.05, 4.69) is 28.4 Å². The summed E-state index contributed by atoms with van der Waals surface area (Å²) in [5, 5.41) is 10.2. The molecule has 0 fully saturated rings. The van der Waals surface area contributed by atoms with E-state index in [-0.39, 0.29) is 0 Å². The van der Waals surface area contributed by atoms with Crippen molar-refractivity contribution >= 4 is 34.2 Å². The second-order valence-corrected chi connectivity index (χ2v) is 3.15. The molecule has 0 saturated carbocycles. The second-order valence-electron chi connectivity index (χ2n) is 2.18. The predicted octanol–water partition coefficient (Wildman–Crippen LogP) is 1.47. The van der Waals surface area contributed by atoms with Crippen molar-refractivity contribution in [1.82, 2.24) is 5.53 Å². The van der Waals surface area contributed by atoms with E-state index >= 15 is 0 Å². The Kier molecular flexibility index (Phi) is 1.63. The van der Waals surface area contributed by atoms with E-state index in [1.165, 1.54) is 0 Å². The maximum absolute atomic E-state index is 9.23. The molecular formula is C6H6IN3O. The normalized spacial score (nSPS) is 15.5. The molecule has 0 aliphatic carbocycles. The molecule has 0 amide bonds. The van der Waals surface area contributed by atoms with Crippen LogP contribution in [0.4, 0.5) is 11.4 Å². The van der Waals surface area contributed by atoms with Crippen LogP contribution in [0.3, 0.4) is 0 Å². The van der Waals surface area contributed by atoms with Gasteiger partial charge >= 0.3 is 0 Å². The predicted molar refractivity (Wildman–Crippen MR) is 50.3 cm³/mol. The number of hydrogen-bond acceptors (Lipinski definition) is 4. The topological polar surface area (TPSA) is 38.7 Å². The Morgan fingerprint density at radius 2 is 1.91 bits per heavy atom. The number of benzene rings is 1. The van der Waals surface area contributed by atoms with Gasteiger partial charge in [-0.15, -0.1) is 5.53 Å². The van der Waals surface area contributed by atoms with Gasteiger partial charge in [-0.05, 0) is 12.1 Å². The van der Waals surface area contributed by atoms with Crippen LogP contribution in [0, 0.1) is 0 Å². The van der Waals surface area contributed by atoms with Crippen LogP contribution in [-0.4, -0.2) is 5.21 Å². The van der Waals surface area contributed by atoms with E-state index in [1.54, 1.807) is 3.22 Å². The van der Waals surface area contributed by atoms with Gasteiger partial charge in [0.15, 0.2) is 0 Å². The van der Waals surface area contributed by atoms with Crippen LogP contribution in [0.5, 0.6) is 0 Å². The number of hydrogen-bond donors (Lipinski definition) is 2. The molecule has 2 rings (SSSR count). The van der Waals surface area contributed by atoms with Crippen molar-refractivity contribution in [2.45, 2.75) is 0 Å². The van der Waals surface area contributed by atoms with Crippen LogP contribution >= 0.6 is 22.9 Å². The van der Waals surface area contributed by atoms with Crippen LogP contribution in [0.15, 0.2) is 24.3 Å². The lowest BCUT2D eigenvalue weighted by atomic mass is 10.3. The number of halogens is 1. The van der Waals surface area contributed by atoms with Crippen molar-refractivity contribution in [3.05, 3.63) is 24.3 Å². The summed E-state index contributed by atoms with van der Waals surface area (Å²) < 4.78 is 1.72. The number of anilines is 2. The van der Waals surface area contributed by atoms with Crippen molar-refractivity contribution < 1.29 is 5.21 Å². The van der Waals surface area contributed by atoms with Crippen LogP contribution in [0.25, 0.3) is 0 Å². The van der Waals surface area contributed by atoms with Crippen molar-refractivity contribution in [2.75, 3.05) is 8.39 Å². The number of fused-ring (bicyclic) bond motifs is 1. The Labute approximate surface area is 77.8 Å². The molecule has 11 heavy (non-hydrogen) atoms. The van der Waals surface area contributed by atoms with E-state index in [0.717, 1.165) is 16.5 Å². The fraction of sp³-hybridized carbons (Fsp3) is 0. The summed E-state index contributed by atoms with van der Waals surface area (Å²) in [5.41, 5.74) is 4.41. The highest BCUT2D eigenvalue weighted by molar-refractivity contribution is 14.1. The first-order chi connectivity index (χ1) is 5.29. The average molecular weight is 263 g/mol. The summed E-state index contributed by atoms with van der Waals surface area (Å²) in [6, 6.07) is 7.55. The first-order valence-electron chi connectivity index (χ1n) is 3.09. The molecule has 0 bridgehead atoms. The minimum Gasteiger partial charge on any atom is -0.271 e. The Morgan fingerprint density at radius 3 is 2.55 bits per heavy atom. The van der Waals surface area contributed by atoms with Crippen molar-refractivity contribution in [1.29, 1.82) is 0 Å². The van der Waals surface area contributed by atoms with Gasteiger partial charge in [0.25, 0.3) is 0 Å². The van der Waals surface area contributed by atoms with Gasteiger partial charge in [-0.1, -0.05) is 12.1 Å². The van der Waals surface area contributed by atoms with Crippen molar-refractivity contribution in [3.8, 4) is 0 Å². The largest absolute Gasteiger partial charge is 0.271 e. The number of nitrogens with zero attached hydrogens (tertiary/aromatic N) is 2. The van der Waals surface area contributed by atoms with Crippen molar-refractivity contribution in [2.24, 2.45) is 0 Å². The molecule has 0 radical (unpaired) electrons. The highest BCUT2D eigenvalue weighted by Crippen LogP contribution is 2.33. The van der Waals surface area contributed by atoms with E-state index in [9.17, 15) is 5.21 Å². The summed E-state index contributed by atoms with van der Waals surface area (Å²) in [5.74, 6) is 0. The van der Waals surface area contributed by atoms with Gasteiger partial charge in [-0.25, -0.2) is 3.22 Å². The molecule has 0 saturated heterocycles. The molecule has 1 aromatic carbocycles.